The van der Waals surface area contributed by atoms with Crippen molar-refractivity contribution < 1.29 is 0 Å². The summed E-state index contributed by atoms with van der Waals surface area (Å²) in [5.41, 5.74) is 0. The summed E-state index contributed by atoms with van der Waals surface area (Å²) in [7, 11) is 1.78. The van der Waals surface area contributed by atoms with Gasteiger partial charge in [-0.1, -0.05) is 6.07 Å². The van der Waals surface area contributed by atoms with E-state index in [0.717, 1.165) is 12.5 Å². The molecular weight excluding hydrogens is 194 g/mol. The molecule has 78 valence electrons. The van der Waals surface area contributed by atoms with E-state index in [1.54, 1.807) is 18.4 Å². The van der Waals surface area contributed by atoms with Crippen molar-refractivity contribution in [2.75, 3.05) is 7.05 Å². The molecule has 0 bridgehead atoms. The highest BCUT2D eigenvalue weighted by Crippen LogP contribution is 2.06. The monoisotopic (exact) mass is 211 g/mol. The van der Waals surface area contributed by atoms with Crippen LogP contribution in [-0.4, -0.2) is 19.0 Å². The maximum atomic E-state index is 4.13. The van der Waals surface area contributed by atoms with E-state index in [1.165, 1.54) is 4.88 Å². The summed E-state index contributed by atoms with van der Waals surface area (Å²) in [6.45, 7) is 5.03. The standard InChI is InChI=1S/C10H17N3S/c1-8(2)13-10(11-3)12-7-9-5-4-6-14-9/h4-6,8H,7H2,1-3H3,(H2,11,12,13). The molecule has 4 heteroatoms. The SMILES string of the molecule is CN=C(NCc1cccs1)NC(C)C. The van der Waals surface area contributed by atoms with E-state index in [2.05, 4.69) is 47.0 Å². The molecule has 0 aliphatic heterocycles. The van der Waals surface area contributed by atoms with Gasteiger partial charge in [-0.2, -0.15) is 0 Å². The van der Waals surface area contributed by atoms with E-state index in [9.17, 15) is 0 Å². The third kappa shape index (κ3) is 3.79. The summed E-state index contributed by atoms with van der Waals surface area (Å²) in [5.74, 6) is 0.855. The van der Waals surface area contributed by atoms with Crippen molar-refractivity contribution in [1.29, 1.82) is 0 Å². The van der Waals surface area contributed by atoms with Gasteiger partial charge in [-0.25, -0.2) is 0 Å². The largest absolute Gasteiger partial charge is 0.354 e. The lowest BCUT2D eigenvalue weighted by atomic mass is 10.4. The molecule has 2 N–H and O–H groups in total. The Balaban J connectivity index is 2.35. The number of nitrogens with one attached hydrogen (secondary N) is 2. The number of aliphatic imine (C=N–C) groups is 1. The number of guanidine groups is 1. The third-order valence-corrected chi connectivity index (χ3v) is 2.54. The van der Waals surface area contributed by atoms with Gasteiger partial charge in [0.15, 0.2) is 5.96 Å². The lowest BCUT2D eigenvalue weighted by Crippen LogP contribution is -2.40. The van der Waals surface area contributed by atoms with Gasteiger partial charge in [0.25, 0.3) is 0 Å². The number of hydrogen-bond donors (Lipinski definition) is 2. The minimum Gasteiger partial charge on any atom is -0.354 e. The molecule has 1 aromatic rings. The Bertz CT molecular complexity index is 278. The molecule has 0 aliphatic rings. The molecule has 0 saturated heterocycles. The molecule has 0 saturated carbocycles. The fraction of sp³-hybridized carbons (Fsp3) is 0.500. The summed E-state index contributed by atoms with van der Waals surface area (Å²) in [6.07, 6.45) is 0. The van der Waals surface area contributed by atoms with Crippen LogP contribution in [0.25, 0.3) is 0 Å². The first kappa shape index (κ1) is 11.0. The van der Waals surface area contributed by atoms with Gasteiger partial charge < -0.3 is 10.6 Å². The van der Waals surface area contributed by atoms with E-state index in [-0.39, 0.29) is 0 Å². The van der Waals surface area contributed by atoms with Gasteiger partial charge in [-0.3, -0.25) is 4.99 Å². The topological polar surface area (TPSA) is 36.4 Å². The summed E-state index contributed by atoms with van der Waals surface area (Å²) >= 11 is 1.75. The summed E-state index contributed by atoms with van der Waals surface area (Å²) in [5, 5.41) is 8.57. The molecule has 1 aromatic heterocycles. The van der Waals surface area contributed by atoms with Crippen LogP contribution < -0.4 is 10.6 Å². The molecule has 1 rings (SSSR count). The van der Waals surface area contributed by atoms with Crippen LogP contribution in [-0.2, 0) is 6.54 Å². The molecule has 14 heavy (non-hydrogen) atoms. The zero-order chi connectivity index (χ0) is 10.4. The molecule has 3 nitrogen and oxygen atoms in total. The Morgan fingerprint density at radius 3 is 2.86 bits per heavy atom. The van der Waals surface area contributed by atoms with Crippen molar-refractivity contribution in [2.24, 2.45) is 4.99 Å². The summed E-state index contributed by atoms with van der Waals surface area (Å²) < 4.78 is 0. The molecule has 0 radical (unpaired) electrons. The molecule has 0 aromatic carbocycles. The summed E-state index contributed by atoms with van der Waals surface area (Å²) in [4.78, 5) is 5.44. The van der Waals surface area contributed by atoms with Crippen molar-refractivity contribution in [1.82, 2.24) is 10.6 Å². The van der Waals surface area contributed by atoms with Gasteiger partial charge >= 0.3 is 0 Å². The lowest BCUT2D eigenvalue weighted by molar-refractivity contribution is 0.701. The molecule has 0 aliphatic carbocycles. The highest BCUT2D eigenvalue weighted by Gasteiger charge is 1.99. The van der Waals surface area contributed by atoms with Crippen LogP contribution in [0.3, 0.4) is 0 Å². The van der Waals surface area contributed by atoms with Gasteiger partial charge in [0.1, 0.15) is 0 Å². The lowest BCUT2D eigenvalue weighted by Gasteiger charge is -2.13. The molecule has 0 atom stereocenters. The van der Waals surface area contributed by atoms with Gasteiger partial charge in [-0.15, -0.1) is 11.3 Å². The molecule has 0 spiro atoms. The first-order valence-electron chi connectivity index (χ1n) is 4.72. The van der Waals surface area contributed by atoms with Gasteiger partial charge in [0.2, 0.25) is 0 Å². The zero-order valence-electron chi connectivity index (χ0n) is 8.87. The third-order valence-electron chi connectivity index (χ3n) is 1.66. The minimum atomic E-state index is 0.407. The van der Waals surface area contributed by atoms with E-state index in [1.807, 2.05) is 0 Å². The molecule has 0 unspecified atom stereocenters. The average Bonchev–Trinajstić information content (AvgIpc) is 2.64. The van der Waals surface area contributed by atoms with Crippen LogP contribution in [0.4, 0.5) is 0 Å². The summed E-state index contributed by atoms with van der Waals surface area (Å²) in [6, 6.07) is 4.57. The van der Waals surface area contributed by atoms with E-state index < -0.39 is 0 Å². The zero-order valence-corrected chi connectivity index (χ0v) is 9.69. The van der Waals surface area contributed by atoms with Crippen LogP contribution in [0.1, 0.15) is 18.7 Å². The highest BCUT2D eigenvalue weighted by molar-refractivity contribution is 7.09. The van der Waals surface area contributed by atoms with Crippen molar-refractivity contribution in [3.63, 3.8) is 0 Å². The van der Waals surface area contributed by atoms with Crippen LogP contribution in [0.15, 0.2) is 22.5 Å². The Labute approximate surface area is 89.3 Å². The van der Waals surface area contributed by atoms with Crippen LogP contribution in [0.2, 0.25) is 0 Å². The number of hydrogen-bond acceptors (Lipinski definition) is 2. The van der Waals surface area contributed by atoms with E-state index in [0.29, 0.717) is 6.04 Å². The van der Waals surface area contributed by atoms with Crippen LogP contribution in [0.5, 0.6) is 0 Å². The predicted molar refractivity (Wildman–Crippen MR) is 62.8 cm³/mol. The Kier molecular flexibility index (Phi) is 4.46. The highest BCUT2D eigenvalue weighted by atomic mass is 32.1. The second kappa shape index (κ2) is 5.65. The molecule has 1 heterocycles. The van der Waals surface area contributed by atoms with Gasteiger partial charge in [-0.05, 0) is 25.3 Å². The Morgan fingerprint density at radius 1 is 1.57 bits per heavy atom. The number of thiophene rings is 1. The number of nitrogens with zero attached hydrogens (tertiary/aromatic N) is 1. The smallest absolute Gasteiger partial charge is 0.191 e. The minimum absolute atomic E-state index is 0.407. The second-order valence-corrected chi connectivity index (χ2v) is 4.34. The van der Waals surface area contributed by atoms with Crippen LogP contribution >= 0.6 is 11.3 Å². The number of rotatable bonds is 3. The average molecular weight is 211 g/mol. The van der Waals surface area contributed by atoms with Crippen LogP contribution in [0, 0.1) is 0 Å². The second-order valence-electron chi connectivity index (χ2n) is 3.30. The quantitative estimate of drug-likeness (QED) is 0.591. The normalized spacial score (nSPS) is 11.9. The fourth-order valence-electron chi connectivity index (χ4n) is 1.05. The van der Waals surface area contributed by atoms with Crippen molar-refractivity contribution >= 4 is 17.3 Å². The molecule has 0 amide bonds. The molecular formula is C10H17N3S. The maximum Gasteiger partial charge on any atom is 0.191 e. The maximum absolute atomic E-state index is 4.13. The Hall–Kier alpha value is -1.03. The van der Waals surface area contributed by atoms with Crippen molar-refractivity contribution in [3.05, 3.63) is 22.4 Å². The fourth-order valence-corrected chi connectivity index (χ4v) is 1.70. The predicted octanol–water partition coefficient (Wildman–Crippen LogP) is 1.82. The van der Waals surface area contributed by atoms with Gasteiger partial charge in [0, 0.05) is 18.0 Å². The molecule has 0 fully saturated rings. The van der Waals surface area contributed by atoms with E-state index >= 15 is 0 Å². The van der Waals surface area contributed by atoms with E-state index in [4.69, 9.17) is 0 Å². The van der Waals surface area contributed by atoms with Crippen molar-refractivity contribution in [3.8, 4) is 0 Å². The Morgan fingerprint density at radius 2 is 2.36 bits per heavy atom. The first-order chi connectivity index (χ1) is 6.72. The first-order valence-corrected chi connectivity index (χ1v) is 5.60. The van der Waals surface area contributed by atoms with Crippen molar-refractivity contribution in [2.45, 2.75) is 26.4 Å². The van der Waals surface area contributed by atoms with Gasteiger partial charge in [0.05, 0.1) is 6.54 Å².